The molecule has 2 unspecified atom stereocenters. The summed E-state index contributed by atoms with van der Waals surface area (Å²) in [5, 5.41) is 0. The van der Waals surface area contributed by atoms with Crippen LogP contribution in [0, 0.1) is 0 Å². The second-order valence-electron chi connectivity index (χ2n) is 14.3. The van der Waals surface area contributed by atoms with E-state index in [1.165, 1.54) is 51.4 Å². The van der Waals surface area contributed by atoms with Gasteiger partial charge in [0.25, 0.3) is 0 Å². The van der Waals surface area contributed by atoms with Crippen LogP contribution in [0.1, 0.15) is 136 Å². The summed E-state index contributed by atoms with van der Waals surface area (Å²) >= 11 is -6.43. The normalized spacial score (nSPS) is 18.7. The zero-order chi connectivity index (χ0) is 29.7. The van der Waals surface area contributed by atoms with Crippen LogP contribution in [0.4, 0.5) is 0 Å². The zero-order valence-corrected chi connectivity index (χ0v) is 35.1. The molecule has 2 aliphatic rings. The summed E-state index contributed by atoms with van der Waals surface area (Å²) < 4.78 is 8.50. The fourth-order valence-electron chi connectivity index (χ4n) is 9.69. The van der Waals surface area contributed by atoms with Crippen LogP contribution in [0.5, 0.6) is 0 Å². The Morgan fingerprint density at radius 1 is 0.537 bits per heavy atom. The zero-order valence-electron chi connectivity index (χ0n) is 27.9. The number of rotatable bonds is 16. The summed E-state index contributed by atoms with van der Waals surface area (Å²) in [5.74, 6) is 0. The molecule has 2 aromatic carbocycles. The minimum atomic E-state index is -3.21. The fraction of sp³-hybridized carbons (Fsp3) is 0.590. The van der Waals surface area contributed by atoms with Gasteiger partial charge in [-0.25, -0.2) is 0 Å². The molecule has 0 amide bonds. The Morgan fingerprint density at radius 3 is 1.17 bits per heavy atom. The fourth-order valence-corrected chi connectivity index (χ4v) is 113. The van der Waals surface area contributed by atoms with Crippen molar-refractivity contribution in [1.82, 2.24) is 0 Å². The molecule has 0 nitrogen and oxygen atoms in total. The van der Waals surface area contributed by atoms with Gasteiger partial charge in [0, 0.05) is 0 Å². The molecule has 2 aliphatic carbocycles. The van der Waals surface area contributed by atoms with Crippen LogP contribution in [-0.2, 0) is 39.9 Å². The second-order valence-corrected chi connectivity index (χ2v) is 57.6. The summed E-state index contributed by atoms with van der Waals surface area (Å²) in [6, 6.07) is 19.2. The van der Waals surface area contributed by atoms with E-state index >= 15 is 0 Å². The number of hydrogen-bond donors (Lipinski definition) is 0. The van der Waals surface area contributed by atoms with E-state index in [2.05, 4.69) is 116 Å². The minimum absolute atomic E-state index is 0.573. The molecule has 0 N–H and O–H groups in total. The van der Waals surface area contributed by atoms with Crippen molar-refractivity contribution < 1.29 is 39.9 Å². The van der Waals surface area contributed by atoms with Crippen LogP contribution >= 0.6 is 0 Å². The monoisotopic (exact) mass is 888 g/mol. The van der Waals surface area contributed by atoms with Gasteiger partial charge in [-0.05, 0) is 0 Å². The number of hydrogen-bond acceptors (Lipinski definition) is 0. The van der Waals surface area contributed by atoms with Gasteiger partial charge in [0.05, 0.1) is 0 Å². The van der Waals surface area contributed by atoms with E-state index in [0.29, 0.717) is 0.928 Å². The Hall–Kier alpha value is -0.340. The third-order valence-corrected chi connectivity index (χ3v) is 90.3. The van der Waals surface area contributed by atoms with Crippen LogP contribution in [0.25, 0.3) is 12.2 Å². The molecule has 0 aliphatic heterocycles. The molecule has 0 saturated heterocycles. The van der Waals surface area contributed by atoms with Crippen LogP contribution in [-0.4, -0.2) is 0 Å². The van der Waals surface area contributed by atoms with Gasteiger partial charge in [-0.15, -0.1) is 0 Å². The van der Waals surface area contributed by atoms with Crippen LogP contribution in [0.3, 0.4) is 0 Å². The summed E-state index contributed by atoms with van der Waals surface area (Å²) in [7, 11) is 0. The van der Waals surface area contributed by atoms with Crippen molar-refractivity contribution in [3.8, 4) is 0 Å². The van der Waals surface area contributed by atoms with Gasteiger partial charge >= 0.3 is 266 Å². The molecule has 0 heterocycles. The predicted molar refractivity (Wildman–Crippen MR) is 179 cm³/mol. The first-order chi connectivity index (χ1) is 19.7. The quantitative estimate of drug-likeness (QED) is 0.147. The van der Waals surface area contributed by atoms with E-state index in [1.54, 1.807) is 50.1 Å². The Morgan fingerprint density at radius 2 is 0.854 bits per heavy atom. The Balaban J connectivity index is 2.04. The van der Waals surface area contributed by atoms with Gasteiger partial charge in [0.2, 0.25) is 0 Å². The number of unbranched alkanes of at least 4 members (excludes halogenated alkanes) is 4. The van der Waals surface area contributed by atoms with Crippen molar-refractivity contribution in [3.05, 3.63) is 81.9 Å². The standard InChI is InChI=1S/2C10H9.4C4H9.C3H6.2Hf/c2*1-8-6-9-4-2-3-5-10(9)7-8;4*1-3-4-2;1-3-2;;/h2*2-7H,1H3;4*1,3-4H2,2H3;1-2H3;;. The van der Waals surface area contributed by atoms with Crippen molar-refractivity contribution in [2.24, 2.45) is 0 Å². The van der Waals surface area contributed by atoms with E-state index in [0.717, 1.165) is 7.35 Å². The van der Waals surface area contributed by atoms with Crippen molar-refractivity contribution in [3.63, 3.8) is 0 Å². The molecule has 2 aromatic rings. The molecule has 41 heavy (non-hydrogen) atoms. The molecule has 2 atom stereocenters. The molecule has 2 heteroatoms. The first-order valence-corrected chi connectivity index (χ1v) is 35.2. The molecule has 0 saturated carbocycles. The Bertz CT molecular complexity index is 1110. The van der Waals surface area contributed by atoms with Crippen LogP contribution < -0.4 is 0 Å². The molecular weight excluding hydrogens is 825 g/mol. The van der Waals surface area contributed by atoms with E-state index in [4.69, 9.17) is 0 Å². The van der Waals surface area contributed by atoms with E-state index in [9.17, 15) is 0 Å². The molecule has 0 radical (unpaired) electrons. The van der Waals surface area contributed by atoms with Crippen LogP contribution in [0.2, 0.25) is 17.6 Å². The van der Waals surface area contributed by atoms with E-state index < -0.39 is 39.9 Å². The third-order valence-electron chi connectivity index (χ3n) is 11.8. The van der Waals surface area contributed by atoms with Crippen molar-refractivity contribution >= 4 is 12.2 Å². The Labute approximate surface area is 263 Å². The SMILES string of the molecule is CCC[CH2][Hf]([CH2]CCC)([CH]1C(C)=Cc2ccccc21)[C](C)(C)[Hf]([CH2]CCC)([CH2]CCC)[CH]1C(C)=Cc2ccccc21. The number of benzene rings is 2. The molecule has 224 valence electrons. The van der Waals surface area contributed by atoms with Gasteiger partial charge in [0.15, 0.2) is 0 Å². The summed E-state index contributed by atoms with van der Waals surface area (Å²) in [4.78, 5) is 0. The summed E-state index contributed by atoms with van der Waals surface area (Å²) in [6.45, 7) is 20.9. The summed E-state index contributed by atoms with van der Waals surface area (Å²) in [5.41, 5.74) is 10.0. The molecular formula is C39H60Hf2. The van der Waals surface area contributed by atoms with Gasteiger partial charge in [-0.2, -0.15) is 0 Å². The molecule has 0 spiro atoms. The predicted octanol–water partition coefficient (Wildman–Crippen LogP) is 13.6. The maximum absolute atomic E-state index is 3.21. The van der Waals surface area contributed by atoms with Crippen molar-refractivity contribution in [2.45, 2.75) is 132 Å². The number of allylic oxidation sites excluding steroid dienone is 2. The van der Waals surface area contributed by atoms with Gasteiger partial charge in [0.1, 0.15) is 0 Å². The molecule has 0 fully saturated rings. The first kappa shape index (κ1) is 33.6. The Kier molecular flexibility index (Phi) is 12.0. The summed E-state index contributed by atoms with van der Waals surface area (Å²) in [6.07, 6.45) is 16.4. The van der Waals surface area contributed by atoms with Gasteiger partial charge in [-0.3, -0.25) is 0 Å². The average Bonchev–Trinajstić information content (AvgIpc) is 3.49. The third kappa shape index (κ3) is 6.15. The second kappa shape index (κ2) is 14.6. The molecule has 0 bridgehead atoms. The topological polar surface area (TPSA) is 0 Å². The maximum atomic E-state index is 2.97. The average molecular weight is 886 g/mol. The molecule has 0 aromatic heterocycles. The first-order valence-electron chi connectivity index (χ1n) is 17.3. The van der Waals surface area contributed by atoms with Gasteiger partial charge in [-0.1, -0.05) is 0 Å². The van der Waals surface area contributed by atoms with Crippen molar-refractivity contribution in [2.75, 3.05) is 0 Å². The molecule has 4 rings (SSSR count). The van der Waals surface area contributed by atoms with Gasteiger partial charge < -0.3 is 0 Å². The van der Waals surface area contributed by atoms with E-state index in [1.807, 2.05) is 0 Å². The van der Waals surface area contributed by atoms with Crippen LogP contribution in [0.15, 0.2) is 59.7 Å². The number of fused-ring (bicyclic) bond motifs is 2. The van der Waals surface area contributed by atoms with E-state index in [-0.39, 0.29) is 0 Å². The van der Waals surface area contributed by atoms with Crippen molar-refractivity contribution in [1.29, 1.82) is 0 Å².